The van der Waals surface area contributed by atoms with Crippen molar-refractivity contribution in [3.63, 3.8) is 0 Å². The van der Waals surface area contributed by atoms with E-state index in [1.807, 2.05) is 12.1 Å². The molecule has 0 N–H and O–H groups in total. The Morgan fingerprint density at radius 3 is 2.50 bits per heavy atom. The fourth-order valence-electron chi connectivity index (χ4n) is 3.71. The Kier molecular flexibility index (Phi) is 4.60. The zero-order valence-electron chi connectivity index (χ0n) is 12.5. The molecule has 1 atom stereocenters. The molecule has 116 valence electrons. The summed E-state index contributed by atoms with van der Waals surface area (Å²) in [4.78, 5) is 0. The van der Waals surface area contributed by atoms with E-state index < -0.39 is 0 Å². The maximum atomic E-state index is 6.03. The monoisotopic (exact) mass is 334 g/mol. The summed E-state index contributed by atoms with van der Waals surface area (Å²) in [5.41, 5.74) is 4.35. The summed E-state index contributed by atoms with van der Waals surface area (Å²) in [6, 6.07) is 12.8. The molecule has 2 aliphatic heterocycles. The van der Waals surface area contributed by atoms with E-state index in [9.17, 15) is 0 Å². The van der Waals surface area contributed by atoms with Gasteiger partial charge in [0, 0.05) is 42.9 Å². The lowest BCUT2D eigenvalue weighted by Crippen LogP contribution is -3.00. The van der Waals surface area contributed by atoms with Crippen LogP contribution in [0.2, 0.25) is 5.02 Å². The van der Waals surface area contributed by atoms with Crippen LogP contribution in [0.1, 0.15) is 36.4 Å². The number of nitrogens with zero attached hydrogens (tertiary/aromatic N) is 2. The molecule has 1 unspecified atom stereocenters. The van der Waals surface area contributed by atoms with Gasteiger partial charge in [-0.1, -0.05) is 23.7 Å². The molecule has 22 heavy (non-hydrogen) atoms. The SMILES string of the molecule is Clc1ccc(C2CC(=[N+]3CCCC3)c3cccn3C2)cc1.[Cl-]. The van der Waals surface area contributed by atoms with Crippen molar-refractivity contribution in [2.45, 2.75) is 31.7 Å². The lowest BCUT2D eigenvalue weighted by Gasteiger charge is -2.25. The second-order valence-corrected chi connectivity index (χ2v) is 6.58. The third kappa shape index (κ3) is 2.82. The molecule has 2 aromatic rings. The molecule has 3 heterocycles. The lowest BCUT2D eigenvalue weighted by molar-refractivity contribution is -0.507. The van der Waals surface area contributed by atoms with Gasteiger partial charge in [0.15, 0.2) is 0 Å². The van der Waals surface area contributed by atoms with E-state index in [0.717, 1.165) is 18.0 Å². The Morgan fingerprint density at radius 1 is 1.05 bits per heavy atom. The standard InChI is InChI=1S/C18H20ClN2.ClH/c19-16-7-5-14(6-8-16)15-12-18(20-9-1-2-10-20)17-4-3-11-21(17)13-15;/h3-8,11,15H,1-2,9-10,12-13H2;1H/q+1;/p-1. The normalized spacial score (nSPS) is 20.7. The van der Waals surface area contributed by atoms with E-state index in [2.05, 4.69) is 39.6 Å². The highest BCUT2D eigenvalue weighted by Crippen LogP contribution is 2.30. The fourth-order valence-corrected chi connectivity index (χ4v) is 3.84. The first-order valence-corrected chi connectivity index (χ1v) is 8.21. The zero-order chi connectivity index (χ0) is 14.2. The number of benzene rings is 1. The van der Waals surface area contributed by atoms with Gasteiger partial charge in [-0.3, -0.25) is 0 Å². The molecule has 1 saturated heterocycles. The molecule has 0 bridgehead atoms. The second kappa shape index (κ2) is 6.47. The van der Waals surface area contributed by atoms with E-state index in [-0.39, 0.29) is 12.4 Å². The van der Waals surface area contributed by atoms with Crippen LogP contribution in [-0.2, 0) is 6.54 Å². The van der Waals surface area contributed by atoms with Crippen molar-refractivity contribution in [3.8, 4) is 0 Å². The number of hydrogen-bond acceptors (Lipinski definition) is 0. The van der Waals surface area contributed by atoms with Gasteiger partial charge in [-0.2, -0.15) is 0 Å². The van der Waals surface area contributed by atoms with E-state index in [4.69, 9.17) is 11.6 Å². The minimum Gasteiger partial charge on any atom is -1.00 e. The quantitative estimate of drug-likeness (QED) is 0.685. The minimum atomic E-state index is 0. The maximum absolute atomic E-state index is 6.03. The van der Waals surface area contributed by atoms with Crippen LogP contribution < -0.4 is 12.4 Å². The Balaban J connectivity index is 0.00000144. The average molecular weight is 335 g/mol. The zero-order valence-corrected chi connectivity index (χ0v) is 14.0. The van der Waals surface area contributed by atoms with Gasteiger partial charge >= 0.3 is 0 Å². The highest BCUT2D eigenvalue weighted by molar-refractivity contribution is 6.30. The van der Waals surface area contributed by atoms with Crippen molar-refractivity contribution in [2.75, 3.05) is 13.1 Å². The number of aromatic nitrogens is 1. The predicted molar refractivity (Wildman–Crippen MR) is 86.6 cm³/mol. The van der Waals surface area contributed by atoms with E-state index in [1.165, 1.54) is 42.9 Å². The summed E-state index contributed by atoms with van der Waals surface area (Å²) in [6.07, 6.45) is 6.02. The van der Waals surface area contributed by atoms with Crippen LogP contribution in [0.25, 0.3) is 0 Å². The molecule has 2 aliphatic rings. The molecule has 1 aromatic carbocycles. The number of rotatable bonds is 1. The number of fused-ring (bicyclic) bond motifs is 1. The van der Waals surface area contributed by atoms with Gasteiger partial charge in [-0.05, 0) is 29.8 Å². The summed E-state index contributed by atoms with van der Waals surface area (Å²) < 4.78 is 5.00. The molecule has 0 amide bonds. The van der Waals surface area contributed by atoms with E-state index >= 15 is 0 Å². The number of halogens is 2. The Bertz CT molecular complexity index is 677. The summed E-state index contributed by atoms with van der Waals surface area (Å²) in [6.45, 7) is 3.50. The highest BCUT2D eigenvalue weighted by Gasteiger charge is 2.31. The van der Waals surface area contributed by atoms with Crippen LogP contribution in [0.15, 0.2) is 42.6 Å². The topological polar surface area (TPSA) is 7.94 Å². The van der Waals surface area contributed by atoms with E-state index in [0.29, 0.717) is 5.92 Å². The third-order valence-corrected chi connectivity index (χ3v) is 5.06. The molecule has 2 nitrogen and oxygen atoms in total. The summed E-state index contributed by atoms with van der Waals surface area (Å²) >= 11 is 6.03. The Morgan fingerprint density at radius 2 is 1.77 bits per heavy atom. The summed E-state index contributed by atoms with van der Waals surface area (Å²) in [7, 11) is 0. The highest BCUT2D eigenvalue weighted by atomic mass is 35.5. The molecule has 0 aliphatic carbocycles. The molecule has 4 heteroatoms. The molecule has 4 rings (SSSR count). The van der Waals surface area contributed by atoms with Gasteiger partial charge in [0.1, 0.15) is 18.8 Å². The van der Waals surface area contributed by atoms with Crippen LogP contribution in [0.5, 0.6) is 0 Å². The largest absolute Gasteiger partial charge is 1.00 e. The van der Waals surface area contributed by atoms with Gasteiger partial charge in [-0.15, -0.1) is 0 Å². The molecular weight excluding hydrogens is 315 g/mol. The summed E-state index contributed by atoms with van der Waals surface area (Å²) in [5, 5.41) is 0.819. The fraction of sp³-hybridized carbons (Fsp3) is 0.389. The van der Waals surface area contributed by atoms with Gasteiger partial charge < -0.3 is 17.0 Å². The van der Waals surface area contributed by atoms with Crippen LogP contribution in [0.4, 0.5) is 0 Å². The smallest absolute Gasteiger partial charge is 0.200 e. The summed E-state index contributed by atoms with van der Waals surface area (Å²) in [5.74, 6) is 0.553. The first-order valence-electron chi connectivity index (χ1n) is 7.83. The Hall–Kier alpha value is -1.25. The lowest BCUT2D eigenvalue weighted by atomic mass is 9.89. The van der Waals surface area contributed by atoms with Crippen molar-refractivity contribution in [1.82, 2.24) is 4.57 Å². The van der Waals surface area contributed by atoms with Gasteiger partial charge in [0.25, 0.3) is 0 Å². The molecule has 0 spiro atoms. The molecule has 1 aromatic heterocycles. The van der Waals surface area contributed by atoms with Gasteiger partial charge in [0.05, 0.1) is 0 Å². The molecule has 1 fully saturated rings. The number of hydrogen-bond donors (Lipinski definition) is 0. The van der Waals surface area contributed by atoms with Crippen molar-refractivity contribution in [3.05, 3.63) is 58.9 Å². The molecular formula is C18H20Cl2N2. The van der Waals surface area contributed by atoms with Crippen LogP contribution in [0.3, 0.4) is 0 Å². The van der Waals surface area contributed by atoms with Crippen molar-refractivity contribution < 1.29 is 17.0 Å². The first kappa shape index (κ1) is 15.6. The van der Waals surface area contributed by atoms with Crippen LogP contribution in [-0.4, -0.2) is 27.9 Å². The van der Waals surface area contributed by atoms with Crippen LogP contribution in [0, 0.1) is 0 Å². The molecule has 0 saturated carbocycles. The maximum Gasteiger partial charge on any atom is 0.200 e. The Labute approximate surface area is 142 Å². The first-order chi connectivity index (χ1) is 10.3. The van der Waals surface area contributed by atoms with Gasteiger partial charge in [-0.25, -0.2) is 4.58 Å². The van der Waals surface area contributed by atoms with E-state index in [1.54, 1.807) is 0 Å². The molecule has 0 radical (unpaired) electrons. The van der Waals surface area contributed by atoms with Crippen molar-refractivity contribution in [2.24, 2.45) is 0 Å². The van der Waals surface area contributed by atoms with Gasteiger partial charge in [0.2, 0.25) is 5.71 Å². The average Bonchev–Trinajstić information content (AvgIpc) is 3.18. The second-order valence-electron chi connectivity index (χ2n) is 6.14. The van der Waals surface area contributed by atoms with Crippen LogP contribution >= 0.6 is 11.6 Å². The minimum absolute atomic E-state index is 0. The third-order valence-electron chi connectivity index (χ3n) is 4.81. The van der Waals surface area contributed by atoms with Crippen molar-refractivity contribution >= 4 is 17.3 Å². The van der Waals surface area contributed by atoms with Crippen molar-refractivity contribution in [1.29, 1.82) is 0 Å². The predicted octanol–water partition coefficient (Wildman–Crippen LogP) is 0.928.